The Balaban J connectivity index is 2.09. The monoisotopic (exact) mass is 299 g/mol. The number of rotatable bonds is 4. The maximum absolute atomic E-state index is 13.4. The van der Waals surface area contributed by atoms with Gasteiger partial charge in [0.1, 0.15) is 12.4 Å². The molecule has 5 heteroatoms. The summed E-state index contributed by atoms with van der Waals surface area (Å²) in [5, 5.41) is 0. The number of hydrogen-bond donors (Lipinski definition) is 1. The van der Waals surface area contributed by atoms with E-state index in [-0.39, 0.29) is 12.4 Å². The molecule has 2 rings (SSSR count). The zero-order valence-corrected chi connectivity index (χ0v) is 10.5. The minimum atomic E-state index is -0.408. The minimum Gasteiger partial charge on any atom is -0.483 e. The van der Waals surface area contributed by atoms with Crippen LogP contribution in [0.3, 0.4) is 0 Å². The van der Waals surface area contributed by atoms with Crippen LogP contribution in [0.15, 0.2) is 39.4 Å². The van der Waals surface area contributed by atoms with Gasteiger partial charge in [0.25, 0.3) is 0 Å². The van der Waals surface area contributed by atoms with Crippen LogP contribution in [0.4, 0.5) is 4.39 Å². The van der Waals surface area contributed by atoms with Gasteiger partial charge < -0.3 is 14.9 Å². The molecule has 2 aromatic rings. The Hall–Kier alpha value is -1.33. The van der Waals surface area contributed by atoms with E-state index in [1.165, 1.54) is 12.3 Å². The lowest BCUT2D eigenvalue weighted by molar-refractivity contribution is 0.257. The topological polar surface area (TPSA) is 48.4 Å². The van der Waals surface area contributed by atoms with Crippen molar-refractivity contribution in [2.75, 3.05) is 0 Å². The quantitative estimate of drug-likeness (QED) is 0.943. The highest BCUT2D eigenvalue weighted by molar-refractivity contribution is 9.10. The second-order valence-electron chi connectivity index (χ2n) is 3.44. The van der Waals surface area contributed by atoms with E-state index in [4.69, 9.17) is 14.9 Å². The first-order valence-electron chi connectivity index (χ1n) is 5.04. The summed E-state index contributed by atoms with van der Waals surface area (Å²) in [5.74, 6) is 0.389. The summed E-state index contributed by atoms with van der Waals surface area (Å²) >= 11 is 3.25. The predicted octanol–water partition coefficient (Wildman–Crippen LogP) is 3.22. The van der Waals surface area contributed by atoms with Gasteiger partial charge in [0.05, 0.1) is 6.26 Å². The lowest BCUT2D eigenvalue weighted by atomic mass is 10.2. The molecular weight excluding hydrogens is 289 g/mol. The SMILES string of the molecule is NCc1ccoc1COc1cc(Br)ccc1F. The second-order valence-corrected chi connectivity index (χ2v) is 4.35. The first kappa shape index (κ1) is 12.1. The molecule has 0 unspecified atom stereocenters. The highest BCUT2D eigenvalue weighted by atomic mass is 79.9. The summed E-state index contributed by atoms with van der Waals surface area (Å²) in [6.45, 7) is 0.531. The summed E-state index contributed by atoms with van der Waals surface area (Å²) in [4.78, 5) is 0. The van der Waals surface area contributed by atoms with Crippen molar-refractivity contribution in [2.45, 2.75) is 13.2 Å². The number of hydrogen-bond acceptors (Lipinski definition) is 3. The molecule has 3 nitrogen and oxygen atoms in total. The zero-order chi connectivity index (χ0) is 12.3. The predicted molar refractivity (Wildman–Crippen MR) is 65.0 cm³/mol. The van der Waals surface area contributed by atoms with Crippen molar-refractivity contribution in [3.05, 3.63) is 52.1 Å². The van der Waals surface area contributed by atoms with Crippen LogP contribution in [-0.4, -0.2) is 0 Å². The van der Waals surface area contributed by atoms with Gasteiger partial charge in [0.2, 0.25) is 0 Å². The molecule has 0 aliphatic rings. The van der Waals surface area contributed by atoms with Gasteiger partial charge in [-0.1, -0.05) is 15.9 Å². The standard InChI is InChI=1S/C12H11BrFNO2/c13-9-1-2-10(14)11(5-9)17-7-12-8(6-15)3-4-16-12/h1-5H,6-7,15H2. The molecule has 1 aromatic carbocycles. The van der Waals surface area contributed by atoms with E-state index in [2.05, 4.69) is 15.9 Å². The van der Waals surface area contributed by atoms with Crippen LogP contribution in [0, 0.1) is 5.82 Å². The van der Waals surface area contributed by atoms with E-state index in [0.717, 1.165) is 10.0 Å². The molecule has 0 spiro atoms. The molecule has 0 amide bonds. The fourth-order valence-electron chi connectivity index (χ4n) is 1.41. The Morgan fingerprint density at radius 3 is 2.94 bits per heavy atom. The molecule has 1 heterocycles. The molecule has 0 radical (unpaired) electrons. The largest absolute Gasteiger partial charge is 0.483 e. The smallest absolute Gasteiger partial charge is 0.165 e. The molecule has 0 saturated heterocycles. The third kappa shape index (κ3) is 2.87. The fraction of sp³-hybridized carbons (Fsp3) is 0.167. The summed E-state index contributed by atoms with van der Waals surface area (Å²) in [6, 6.07) is 6.29. The average Bonchev–Trinajstić information content (AvgIpc) is 2.77. The van der Waals surface area contributed by atoms with Gasteiger partial charge >= 0.3 is 0 Å². The van der Waals surface area contributed by atoms with E-state index in [1.54, 1.807) is 18.2 Å². The number of ether oxygens (including phenoxy) is 1. The Labute approximate surface area is 106 Å². The third-order valence-electron chi connectivity index (χ3n) is 2.31. The number of nitrogens with two attached hydrogens (primary N) is 1. The van der Waals surface area contributed by atoms with Crippen LogP contribution < -0.4 is 10.5 Å². The van der Waals surface area contributed by atoms with Gasteiger partial charge in [-0.15, -0.1) is 0 Å². The first-order valence-corrected chi connectivity index (χ1v) is 5.83. The van der Waals surface area contributed by atoms with Crippen molar-refractivity contribution in [1.29, 1.82) is 0 Å². The van der Waals surface area contributed by atoms with Crippen LogP contribution >= 0.6 is 15.9 Å². The maximum atomic E-state index is 13.4. The molecule has 0 aliphatic carbocycles. The van der Waals surface area contributed by atoms with Crippen molar-refractivity contribution < 1.29 is 13.5 Å². The van der Waals surface area contributed by atoms with Crippen LogP contribution in [0.2, 0.25) is 0 Å². The molecule has 0 aliphatic heterocycles. The van der Waals surface area contributed by atoms with Gasteiger partial charge in [-0.3, -0.25) is 0 Å². The molecule has 2 N–H and O–H groups in total. The Morgan fingerprint density at radius 2 is 2.18 bits per heavy atom. The Morgan fingerprint density at radius 1 is 1.35 bits per heavy atom. The van der Waals surface area contributed by atoms with Crippen molar-refractivity contribution in [3.8, 4) is 5.75 Å². The van der Waals surface area contributed by atoms with E-state index in [9.17, 15) is 4.39 Å². The Bertz CT molecular complexity index is 513. The lowest BCUT2D eigenvalue weighted by Gasteiger charge is -2.07. The molecule has 1 aromatic heterocycles. The van der Waals surface area contributed by atoms with Crippen molar-refractivity contribution in [3.63, 3.8) is 0 Å². The first-order chi connectivity index (χ1) is 8.20. The van der Waals surface area contributed by atoms with Crippen LogP contribution in [0.5, 0.6) is 5.75 Å². The molecule has 17 heavy (non-hydrogen) atoms. The molecule has 0 bridgehead atoms. The summed E-state index contributed by atoms with van der Waals surface area (Å²) in [5.41, 5.74) is 6.38. The van der Waals surface area contributed by atoms with E-state index < -0.39 is 5.82 Å². The zero-order valence-electron chi connectivity index (χ0n) is 8.95. The van der Waals surface area contributed by atoms with Crippen molar-refractivity contribution in [1.82, 2.24) is 0 Å². The van der Waals surface area contributed by atoms with Crippen molar-refractivity contribution in [2.24, 2.45) is 5.73 Å². The molecule has 90 valence electrons. The highest BCUT2D eigenvalue weighted by Crippen LogP contribution is 2.23. The normalized spacial score (nSPS) is 10.5. The summed E-state index contributed by atoms with van der Waals surface area (Å²) in [7, 11) is 0. The number of halogens is 2. The van der Waals surface area contributed by atoms with Crippen LogP contribution in [-0.2, 0) is 13.2 Å². The fourth-order valence-corrected chi connectivity index (χ4v) is 1.75. The van der Waals surface area contributed by atoms with Crippen LogP contribution in [0.25, 0.3) is 0 Å². The minimum absolute atomic E-state index is 0.160. The average molecular weight is 300 g/mol. The number of benzene rings is 1. The second kappa shape index (κ2) is 5.33. The van der Waals surface area contributed by atoms with Crippen molar-refractivity contribution >= 4 is 15.9 Å². The molecule has 0 saturated carbocycles. The molecule has 0 fully saturated rings. The lowest BCUT2D eigenvalue weighted by Crippen LogP contribution is -2.02. The summed E-state index contributed by atoms with van der Waals surface area (Å²) < 4.78 is 24.7. The molecule has 0 atom stereocenters. The van der Waals surface area contributed by atoms with Gasteiger partial charge in [0.15, 0.2) is 11.6 Å². The Kier molecular flexibility index (Phi) is 3.81. The van der Waals surface area contributed by atoms with Gasteiger partial charge in [-0.2, -0.15) is 0 Å². The van der Waals surface area contributed by atoms with E-state index in [0.29, 0.717) is 12.3 Å². The van der Waals surface area contributed by atoms with Gasteiger partial charge in [-0.05, 0) is 24.3 Å². The summed E-state index contributed by atoms with van der Waals surface area (Å²) in [6.07, 6.45) is 1.54. The molecular formula is C12H11BrFNO2. The van der Waals surface area contributed by atoms with Gasteiger partial charge in [0, 0.05) is 16.6 Å². The third-order valence-corrected chi connectivity index (χ3v) is 2.80. The van der Waals surface area contributed by atoms with Gasteiger partial charge in [-0.25, -0.2) is 4.39 Å². The van der Waals surface area contributed by atoms with E-state index in [1.807, 2.05) is 0 Å². The van der Waals surface area contributed by atoms with E-state index >= 15 is 0 Å². The van der Waals surface area contributed by atoms with Crippen LogP contribution in [0.1, 0.15) is 11.3 Å². The number of furan rings is 1. The highest BCUT2D eigenvalue weighted by Gasteiger charge is 2.08. The maximum Gasteiger partial charge on any atom is 0.165 e.